The molecule has 0 saturated carbocycles. The maximum absolute atomic E-state index is 5.26. The van der Waals surface area contributed by atoms with Gasteiger partial charge in [-0.05, 0) is 13.3 Å². The molecule has 0 aromatic carbocycles. The van der Waals surface area contributed by atoms with Gasteiger partial charge in [-0.15, -0.1) is 0 Å². The van der Waals surface area contributed by atoms with Crippen molar-refractivity contribution < 1.29 is 4.74 Å². The molecule has 9 heavy (non-hydrogen) atoms. The van der Waals surface area contributed by atoms with Crippen molar-refractivity contribution in [2.45, 2.75) is 51.7 Å². The molecule has 1 heterocycles. The third-order valence-corrected chi connectivity index (χ3v) is 1.93. The van der Waals surface area contributed by atoms with E-state index in [1.54, 1.807) is 0 Å². The Bertz CT molecular complexity index is 80.6. The van der Waals surface area contributed by atoms with E-state index in [4.69, 9.17) is 4.74 Å². The summed E-state index contributed by atoms with van der Waals surface area (Å²) >= 11 is 0. The lowest BCUT2D eigenvalue weighted by Crippen LogP contribution is -1.88. The molecule has 1 rings (SSSR count). The molecule has 1 fully saturated rings. The van der Waals surface area contributed by atoms with Gasteiger partial charge in [-0.25, -0.2) is 0 Å². The molecule has 0 radical (unpaired) electrons. The predicted octanol–water partition coefficient (Wildman–Crippen LogP) is 2.35. The maximum atomic E-state index is 5.26. The van der Waals surface area contributed by atoms with E-state index in [1.807, 2.05) is 0 Å². The topological polar surface area (TPSA) is 12.5 Å². The number of rotatable bonds is 4. The first-order chi connectivity index (χ1) is 4.34. The van der Waals surface area contributed by atoms with Gasteiger partial charge in [0.05, 0.1) is 12.2 Å². The fourth-order valence-corrected chi connectivity index (χ4v) is 1.13. The molecular formula is C8H16O. The summed E-state index contributed by atoms with van der Waals surface area (Å²) in [4.78, 5) is 0. The Hall–Kier alpha value is -0.0400. The predicted molar refractivity (Wildman–Crippen MR) is 38.5 cm³/mol. The maximum Gasteiger partial charge on any atom is 0.0839 e. The van der Waals surface area contributed by atoms with E-state index in [0.29, 0.717) is 12.2 Å². The van der Waals surface area contributed by atoms with E-state index in [-0.39, 0.29) is 0 Å². The molecule has 0 bridgehead atoms. The Balaban J connectivity index is 1.83. The molecule has 1 aliphatic heterocycles. The first-order valence-electron chi connectivity index (χ1n) is 4.00. The summed E-state index contributed by atoms with van der Waals surface area (Å²) in [5, 5.41) is 0. The summed E-state index contributed by atoms with van der Waals surface area (Å²) in [6.07, 6.45) is 6.52. The largest absolute Gasteiger partial charge is 0.370 e. The van der Waals surface area contributed by atoms with Crippen LogP contribution >= 0.6 is 0 Å². The lowest BCUT2D eigenvalue weighted by molar-refractivity contribution is 0.365. The van der Waals surface area contributed by atoms with Crippen LogP contribution in [0.25, 0.3) is 0 Å². The molecule has 0 unspecified atom stereocenters. The van der Waals surface area contributed by atoms with Crippen LogP contribution in [0.4, 0.5) is 0 Å². The average Bonchev–Trinajstić information content (AvgIpc) is 2.48. The third-order valence-electron chi connectivity index (χ3n) is 1.93. The SMILES string of the molecule is CCCCC[C@@H]1O[C@H]1C. The van der Waals surface area contributed by atoms with Crippen molar-refractivity contribution >= 4 is 0 Å². The number of unbranched alkanes of at least 4 members (excludes halogenated alkanes) is 2. The zero-order valence-corrected chi connectivity index (χ0v) is 6.39. The molecule has 2 atom stereocenters. The number of epoxide rings is 1. The van der Waals surface area contributed by atoms with Crippen molar-refractivity contribution in [3.8, 4) is 0 Å². The van der Waals surface area contributed by atoms with Crippen molar-refractivity contribution in [1.82, 2.24) is 0 Å². The number of hydrogen-bond donors (Lipinski definition) is 0. The van der Waals surface area contributed by atoms with E-state index in [2.05, 4.69) is 13.8 Å². The van der Waals surface area contributed by atoms with Crippen molar-refractivity contribution in [1.29, 1.82) is 0 Å². The molecule has 0 spiro atoms. The highest BCUT2D eigenvalue weighted by molar-refractivity contribution is 4.79. The smallest absolute Gasteiger partial charge is 0.0839 e. The van der Waals surface area contributed by atoms with Crippen LogP contribution in [0.3, 0.4) is 0 Å². The molecule has 54 valence electrons. The van der Waals surface area contributed by atoms with Crippen molar-refractivity contribution in [2.24, 2.45) is 0 Å². The molecule has 1 aliphatic rings. The van der Waals surface area contributed by atoms with Crippen LogP contribution in [0.1, 0.15) is 39.5 Å². The average molecular weight is 128 g/mol. The quantitative estimate of drug-likeness (QED) is 0.418. The standard InChI is InChI=1S/C8H16O/c1-3-4-5-6-8-7(2)9-8/h7-8H,3-6H2,1-2H3/t7-,8-/m0/s1. The van der Waals surface area contributed by atoms with Gasteiger partial charge in [0, 0.05) is 0 Å². The Kier molecular flexibility index (Phi) is 2.52. The summed E-state index contributed by atoms with van der Waals surface area (Å²) in [7, 11) is 0. The molecular weight excluding hydrogens is 112 g/mol. The van der Waals surface area contributed by atoms with Crippen LogP contribution in [0.2, 0.25) is 0 Å². The van der Waals surface area contributed by atoms with Gasteiger partial charge in [0.2, 0.25) is 0 Å². The Labute approximate surface area is 57.4 Å². The second-order valence-corrected chi connectivity index (χ2v) is 2.88. The highest BCUT2D eigenvalue weighted by Gasteiger charge is 2.32. The van der Waals surface area contributed by atoms with Gasteiger partial charge in [-0.1, -0.05) is 26.2 Å². The van der Waals surface area contributed by atoms with Gasteiger partial charge >= 0.3 is 0 Å². The number of ether oxygens (including phenoxy) is 1. The van der Waals surface area contributed by atoms with Gasteiger partial charge in [-0.2, -0.15) is 0 Å². The van der Waals surface area contributed by atoms with Crippen molar-refractivity contribution in [2.75, 3.05) is 0 Å². The summed E-state index contributed by atoms with van der Waals surface area (Å²) in [6, 6.07) is 0. The third kappa shape index (κ3) is 2.35. The van der Waals surface area contributed by atoms with E-state index in [9.17, 15) is 0 Å². The van der Waals surface area contributed by atoms with Crippen LogP contribution in [0, 0.1) is 0 Å². The van der Waals surface area contributed by atoms with Crippen molar-refractivity contribution in [3.63, 3.8) is 0 Å². The first kappa shape index (κ1) is 7.07. The Morgan fingerprint density at radius 2 is 2.00 bits per heavy atom. The van der Waals surface area contributed by atoms with Crippen molar-refractivity contribution in [3.05, 3.63) is 0 Å². The molecule has 0 aromatic rings. The van der Waals surface area contributed by atoms with E-state index in [0.717, 1.165) is 0 Å². The van der Waals surface area contributed by atoms with Crippen LogP contribution in [0.15, 0.2) is 0 Å². The minimum atomic E-state index is 0.571. The van der Waals surface area contributed by atoms with Gasteiger partial charge in [0.25, 0.3) is 0 Å². The molecule has 1 heteroatoms. The lowest BCUT2D eigenvalue weighted by Gasteiger charge is -1.91. The van der Waals surface area contributed by atoms with E-state index in [1.165, 1.54) is 25.7 Å². The summed E-state index contributed by atoms with van der Waals surface area (Å²) in [6.45, 7) is 4.38. The second-order valence-electron chi connectivity index (χ2n) is 2.88. The monoisotopic (exact) mass is 128 g/mol. The zero-order valence-electron chi connectivity index (χ0n) is 6.39. The minimum Gasteiger partial charge on any atom is -0.370 e. The van der Waals surface area contributed by atoms with Gasteiger partial charge < -0.3 is 4.74 Å². The molecule has 1 nitrogen and oxygen atoms in total. The van der Waals surface area contributed by atoms with Crippen LogP contribution in [-0.4, -0.2) is 12.2 Å². The summed E-state index contributed by atoms with van der Waals surface area (Å²) < 4.78 is 5.26. The highest BCUT2D eigenvalue weighted by Crippen LogP contribution is 2.26. The second kappa shape index (κ2) is 3.21. The molecule has 1 saturated heterocycles. The van der Waals surface area contributed by atoms with E-state index >= 15 is 0 Å². The van der Waals surface area contributed by atoms with E-state index < -0.39 is 0 Å². The van der Waals surface area contributed by atoms with Crippen LogP contribution < -0.4 is 0 Å². The zero-order chi connectivity index (χ0) is 6.69. The van der Waals surface area contributed by atoms with Gasteiger partial charge in [0.15, 0.2) is 0 Å². The first-order valence-corrected chi connectivity index (χ1v) is 4.00. The van der Waals surface area contributed by atoms with Gasteiger partial charge in [0.1, 0.15) is 0 Å². The molecule has 0 aromatic heterocycles. The van der Waals surface area contributed by atoms with Crippen LogP contribution in [0.5, 0.6) is 0 Å². The number of hydrogen-bond acceptors (Lipinski definition) is 1. The highest BCUT2D eigenvalue weighted by atomic mass is 16.6. The fraction of sp³-hybridized carbons (Fsp3) is 1.00. The molecule has 0 aliphatic carbocycles. The fourth-order valence-electron chi connectivity index (χ4n) is 1.13. The molecule has 0 amide bonds. The van der Waals surface area contributed by atoms with Crippen LogP contribution in [-0.2, 0) is 4.74 Å². The normalized spacial score (nSPS) is 32.7. The Morgan fingerprint density at radius 3 is 2.44 bits per heavy atom. The van der Waals surface area contributed by atoms with Gasteiger partial charge in [-0.3, -0.25) is 0 Å². The molecule has 0 N–H and O–H groups in total. The summed E-state index contributed by atoms with van der Waals surface area (Å²) in [5.74, 6) is 0. The Morgan fingerprint density at radius 1 is 1.33 bits per heavy atom. The summed E-state index contributed by atoms with van der Waals surface area (Å²) in [5.41, 5.74) is 0. The minimum absolute atomic E-state index is 0.571. The lowest BCUT2D eigenvalue weighted by atomic mass is 10.1.